The number of morpholine rings is 1. The summed E-state index contributed by atoms with van der Waals surface area (Å²) in [7, 11) is 0. The highest BCUT2D eigenvalue weighted by Gasteiger charge is 2.32. The molecule has 3 heterocycles. The minimum Gasteiger partial charge on any atom is -0.378 e. The van der Waals surface area contributed by atoms with Crippen molar-refractivity contribution in [1.29, 1.82) is 5.26 Å². The van der Waals surface area contributed by atoms with E-state index in [1.807, 2.05) is 12.1 Å². The number of hydrogen-bond acceptors (Lipinski definition) is 5. The van der Waals surface area contributed by atoms with E-state index in [9.17, 15) is 0 Å². The Balaban J connectivity index is 1.44. The molecule has 1 saturated heterocycles. The quantitative estimate of drug-likeness (QED) is 0.870. The van der Waals surface area contributed by atoms with Gasteiger partial charge < -0.3 is 9.64 Å². The topological polar surface area (TPSA) is 62.0 Å². The average Bonchev–Trinajstić information content (AvgIpc) is 2.62. The van der Waals surface area contributed by atoms with Gasteiger partial charge in [0.2, 0.25) is 0 Å². The first-order chi connectivity index (χ1) is 11.8. The maximum absolute atomic E-state index is 8.98. The van der Waals surface area contributed by atoms with E-state index in [-0.39, 0.29) is 0 Å². The molecule has 2 aromatic heterocycles. The van der Waals surface area contributed by atoms with Crippen LogP contribution in [0.4, 0.5) is 5.82 Å². The maximum atomic E-state index is 8.98. The standard InChI is InChI=1S/C19H20N4O/c20-13-17-12-14(4-5-21-17)15-10-16(11-15)18-2-1-3-19(22-18)23-6-8-24-9-7-23/h1-5,12,15-16H,6-11H2. The lowest BCUT2D eigenvalue weighted by Crippen LogP contribution is -2.37. The Bertz CT molecular complexity index is 758. The van der Waals surface area contributed by atoms with Gasteiger partial charge in [-0.2, -0.15) is 5.26 Å². The molecule has 0 spiro atoms. The molecule has 4 rings (SSSR count). The first-order valence-electron chi connectivity index (χ1n) is 8.49. The second-order valence-corrected chi connectivity index (χ2v) is 6.47. The highest BCUT2D eigenvalue weighted by Crippen LogP contribution is 2.47. The minimum absolute atomic E-state index is 0.503. The Morgan fingerprint density at radius 1 is 1.12 bits per heavy atom. The molecule has 0 N–H and O–H groups in total. The van der Waals surface area contributed by atoms with Crippen LogP contribution in [0.2, 0.25) is 0 Å². The van der Waals surface area contributed by atoms with Crippen molar-refractivity contribution >= 4 is 5.82 Å². The molecule has 1 aliphatic carbocycles. The van der Waals surface area contributed by atoms with Crippen LogP contribution in [0, 0.1) is 11.3 Å². The minimum atomic E-state index is 0.503. The number of ether oxygens (including phenoxy) is 1. The van der Waals surface area contributed by atoms with Gasteiger partial charge in [-0.1, -0.05) is 6.07 Å². The Hall–Kier alpha value is -2.45. The van der Waals surface area contributed by atoms with Crippen molar-refractivity contribution in [2.75, 3.05) is 31.2 Å². The third-order valence-corrected chi connectivity index (χ3v) is 5.02. The zero-order valence-electron chi connectivity index (χ0n) is 13.6. The van der Waals surface area contributed by atoms with Gasteiger partial charge in [-0.25, -0.2) is 9.97 Å². The van der Waals surface area contributed by atoms with Crippen LogP contribution in [0.3, 0.4) is 0 Å². The second kappa shape index (κ2) is 6.58. The number of nitriles is 1. The van der Waals surface area contributed by atoms with Gasteiger partial charge >= 0.3 is 0 Å². The lowest BCUT2D eigenvalue weighted by molar-refractivity contribution is 0.122. The smallest absolute Gasteiger partial charge is 0.140 e. The SMILES string of the molecule is N#Cc1cc(C2CC(c3cccc(N4CCOCC4)n3)C2)ccn1. The van der Waals surface area contributed by atoms with E-state index in [0.717, 1.165) is 45.0 Å². The molecule has 2 aromatic rings. The zero-order chi connectivity index (χ0) is 16.4. The van der Waals surface area contributed by atoms with E-state index in [4.69, 9.17) is 15.0 Å². The largest absolute Gasteiger partial charge is 0.378 e. The van der Waals surface area contributed by atoms with E-state index in [2.05, 4.69) is 34.2 Å². The third kappa shape index (κ3) is 2.98. The van der Waals surface area contributed by atoms with Gasteiger partial charge in [-0.05, 0) is 48.6 Å². The molecule has 0 amide bonds. The molecule has 0 radical (unpaired) electrons. The van der Waals surface area contributed by atoms with Gasteiger partial charge in [0.15, 0.2) is 0 Å². The molecule has 2 aliphatic rings. The van der Waals surface area contributed by atoms with E-state index in [0.29, 0.717) is 17.5 Å². The van der Waals surface area contributed by atoms with E-state index in [1.54, 1.807) is 6.20 Å². The molecule has 2 fully saturated rings. The number of aromatic nitrogens is 2. The maximum Gasteiger partial charge on any atom is 0.140 e. The number of nitrogens with zero attached hydrogens (tertiary/aromatic N) is 4. The van der Waals surface area contributed by atoms with Crippen molar-refractivity contribution in [3.63, 3.8) is 0 Å². The number of rotatable bonds is 3. The number of pyridine rings is 2. The predicted molar refractivity (Wildman–Crippen MR) is 90.9 cm³/mol. The molecule has 0 bridgehead atoms. The fraction of sp³-hybridized carbons (Fsp3) is 0.421. The summed E-state index contributed by atoms with van der Waals surface area (Å²) in [5, 5.41) is 8.98. The van der Waals surface area contributed by atoms with Crippen LogP contribution in [0.5, 0.6) is 0 Å². The molecule has 0 aromatic carbocycles. The van der Waals surface area contributed by atoms with Gasteiger partial charge in [0.1, 0.15) is 17.6 Å². The summed E-state index contributed by atoms with van der Waals surface area (Å²) in [6.45, 7) is 3.39. The Labute approximate surface area is 141 Å². The monoisotopic (exact) mass is 320 g/mol. The van der Waals surface area contributed by atoms with E-state index < -0.39 is 0 Å². The van der Waals surface area contributed by atoms with Gasteiger partial charge in [0, 0.05) is 30.9 Å². The van der Waals surface area contributed by atoms with Crippen molar-refractivity contribution in [1.82, 2.24) is 9.97 Å². The Morgan fingerprint density at radius 3 is 2.75 bits per heavy atom. The molecule has 122 valence electrons. The van der Waals surface area contributed by atoms with Crippen LogP contribution in [-0.2, 0) is 4.74 Å². The first-order valence-corrected chi connectivity index (χ1v) is 8.49. The normalized spacial score (nSPS) is 23.4. The second-order valence-electron chi connectivity index (χ2n) is 6.47. The molecule has 1 aliphatic heterocycles. The van der Waals surface area contributed by atoms with Crippen LogP contribution in [0.15, 0.2) is 36.5 Å². The van der Waals surface area contributed by atoms with E-state index in [1.165, 1.54) is 11.3 Å². The molecule has 5 heteroatoms. The zero-order valence-corrected chi connectivity index (χ0v) is 13.6. The molecule has 5 nitrogen and oxygen atoms in total. The van der Waals surface area contributed by atoms with Gasteiger partial charge in [-0.15, -0.1) is 0 Å². The Kier molecular flexibility index (Phi) is 4.14. The van der Waals surface area contributed by atoms with Crippen LogP contribution >= 0.6 is 0 Å². The van der Waals surface area contributed by atoms with Gasteiger partial charge in [-0.3, -0.25) is 0 Å². The molecular formula is C19H20N4O. The molecule has 1 saturated carbocycles. The van der Waals surface area contributed by atoms with Crippen molar-refractivity contribution in [3.05, 3.63) is 53.5 Å². The van der Waals surface area contributed by atoms with Crippen molar-refractivity contribution < 1.29 is 4.74 Å². The van der Waals surface area contributed by atoms with Crippen LogP contribution in [0.25, 0.3) is 0 Å². The van der Waals surface area contributed by atoms with Crippen molar-refractivity contribution in [2.45, 2.75) is 24.7 Å². The summed E-state index contributed by atoms with van der Waals surface area (Å²) < 4.78 is 5.42. The summed E-state index contributed by atoms with van der Waals surface area (Å²) >= 11 is 0. The fourth-order valence-corrected chi connectivity index (χ4v) is 3.53. The van der Waals surface area contributed by atoms with Crippen molar-refractivity contribution in [3.8, 4) is 6.07 Å². The summed E-state index contributed by atoms with van der Waals surface area (Å²) in [5.74, 6) is 2.09. The van der Waals surface area contributed by atoms with Crippen LogP contribution in [0.1, 0.15) is 41.6 Å². The van der Waals surface area contributed by atoms with Gasteiger partial charge in [0.25, 0.3) is 0 Å². The summed E-state index contributed by atoms with van der Waals surface area (Å²) in [6.07, 6.45) is 3.92. The molecule has 0 unspecified atom stereocenters. The van der Waals surface area contributed by atoms with Gasteiger partial charge in [0.05, 0.1) is 13.2 Å². The third-order valence-electron chi connectivity index (χ3n) is 5.02. The molecule has 24 heavy (non-hydrogen) atoms. The first kappa shape index (κ1) is 15.1. The molecular weight excluding hydrogens is 300 g/mol. The molecule has 0 atom stereocenters. The number of anilines is 1. The lowest BCUT2D eigenvalue weighted by Gasteiger charge is -2.36. The number of hydrogen-bond donors (Lipinski definition) is 0. The predicted octanol–water partition coefficient (Wildman–Crippen LogP) is 2.85. The summed E-state index contributed by atoms with van der Waals surface area (Å²) in [6, 6.07) is 12.4. The highest BCUT2D eigenvalue weighted by atomic mass is 16.5. The van der Waals surface area contributed by atoms with E-state index >= 15 is 0 Å². The lowest BCUT2D eigenvalue weighted by atomic mass is 9.70. The van der Waals surface area contributed by atoms with Crippen LogP contribution in [-0.4, -0.2) is 36.3 Å². The highest BCUT2D eigenvalue weighted by molar-refractivity contribution is 5.41. The summed E-state index contributed by atoms with van der Waals surface area (Å²) in [5.41, 5.74) is 2.91. The fourth-order valence-electron chi connectivity index (χ4n) is 3.53. The Morgan fingerprint density at radius 2 is 1.96 bits per heavy atom. The van der Waals surface area contributed by atoms with Crippen LogP contribution < -0.4 is 4.90 Å². The average molecular weight is 320 g/mol. The summed E-state index contributed by atoms with van der Waals surface area (Å²) in [4.78, 5) is 11.2. The van der Waals surface area contributed by atoms with Crippen molar-refractivity contribution in [2.24, 2.45) is 0 Å².